The van der Waals surface area contributed by atoms with Crippen molar-refractivity contribution in [3.05, 3.63) is 40.7 Å². The van der Waals surface area contributed by atoms with Crippen molar-refractivity contribution in [3.8, 4) is 10.6 Å². The topological polar surface area (TPSA) is 24.9 Å². The van der Waals surface area contributed by atoms with Gasteiger partial charge in [0.05, 0.1) is 5.69 Å². The zero-order valence-corrected chi connectivity index (χ0v) is 13.2. The van der Waals surface area contributed by atoms with Crippen LogP contribution in [0.15, 0.2) is 24.3 Å². The Morgan fingerprint density at radius 1 is 1.43 bits per heavy atom. The van der Waals surface area contributed by atoms with Crippen molar-refractivity contribution >= 4 is 11.3 Å². The van der Waals surface area contributed by atoms with Crippen LogP contribution in [0, 0.1) is 5.82 Å². The molecule has 0 amide bonds. The largest absolute Gasteiger partial charge is 0.316 e. The molecule has 2 nitrogen and oxygen atoms in total. The average molecular weight is 304 g/mol. The van der Waals surface area contributed by atoms with E-state index in [2.05, 4.69) is 12.2 Å². The molecule has 3 rings (SSSR count). The lowest BCUT2D eigenvalue weighted by Gasteiger charge is -2.21. The lowest BCUT2D eigenvalue weighted by atomic mass is 9.91. The number of halogens is 1. The fourth-order valence-corrected chi connectivity index (χ4v) is 4.09. The summed E-state index contributed by atoms with van der Waals surface area (Å²) < 4.78 is 13.4. The van der Waals surface area contributed by atoms with E-state index in [-0.39, 0.29) is 5.82 Å². The van der Waals surface area contributed by atoms with E-state index in [9.17, 15) is 4.39 Å². The van der Waals surface area contributed by atoms with Crippen molar-refractivity contribution in [2.75, 3.05) is 13.1 Å². The Morgan fingerprint density at radius 2 is 2.33 bits per heavy atom. The highest BCUT2D eigenvalue weighted by Gasteiger charge is 2.24. The predicted molar refractivity (Wildman–Crippen MR) is 86.3 cm³/mol. The van der Waals surface area contributed by atoms with E-state index in [0.717, 1.165) is 36.5 Å². The van der Waals surface area contributed by atoms with Crippen LogP contribution in [0.1, 0.15) is 42.7 Å². The first-order valence-electron chi connectivity index (χ1n) is 7.74. The predicted octanol–water partition coefficient (Wildman–Crippen LogP) is 4.37. The third kappa shape index (κ3) is 3.33. The van der Waals surface area contributed by atoms with Crippen LogP contribution in [0.5, 0.6) is 0 Å². The van der Waals surface area contributed by atoms with Crippen molar-refractivity contribution in [2.45, 2.75) is 38.5 Å². The van der Waals surface area contributed by atoms with Gasteiger partial charge in [-0.2, -0.15) is 0 Å². The number of nitrogens with zero attached hydrogens (tertiary/aromatic N) is 1. The number of nitrogens with one attached hydrogen (secondary N) is 1. The monoisotopic (exact) mass is 304 g/mol. The Balaban J connectivity index is 1.83. The molecule has 1 aliphatic carbocycles. The molecule has 1 heterocycles. The van der Waals surface area contributed by atoms with Crippen LogP contribution in [-0.2, 0) is 6.42 Å². The molecule has 21 heavy (non-hydrogen) atoms. The van der Waals surface area contributed by atoms with Gasteiger partial charge in [0, 0.05) is 22.9 Å². The van der Waals surface area contributed by atoms with Gasteiger partial charge in [-0.15, -0.1) is 11.3 Å². The Hall–Kier alpha value is -1.26. The van der Waals surface area contributed by atoms with Crippen molar-refractivity contribution < 1.29 is 4.39 Å². The fraction of sp³-hybridized carbons (Fsp3) is 0.471. The number of aryl methyl sites for hydroxylation is 1. The maximum atomic E-state index is 13.4. The number of hydrogen-bond acceptors (Lipinski definition) is 3. The molecule has 2 aromatic rings. The normalized spacial score (nSPS) is 17.7. The van der Waals surface area contributed by atoms with Gasteiger partial charge in [0.25, 0.3) is 0 Å². The van der Waals surface area contributed by atoms with Crippen molar-refractivity contribution in [1.29, 1.82) is 0 Å². The second kappa shape index (κ2) is 6.67. The highest BCUT2D eigenvalue weighted by molar-refractivity contribution is 7.15. The zero-order valence-electron chi connectivity index (χ0n) is 12.4. The van der Waals surface area contributed by atoms with Crippen molar-refractivity contribution in [3.63, 3.8) is 0 Å². The van der Waals surface area contributed by atoms with Gasteiger partial charge in [-0.25, -0.2) is 9.37 Å². The standard InChI is InChI=1S/C17H21FN2S/c1-2-9-19-11-13-6-4-8-15-16(13)20-17(21-15)12-5-3-7-14(18)10-12/h3,5,7,10,13,19H,2,4,6,8-9,11H2,1H3. The second-order valence-electron chi connectivity index (χ2n) is 5.63. The highest BCUT2D eigenvalue weighted by atomic mass is 32.1. The average Bonchev–Trinajstić information content (AvgIpc) is 2.92. The lowest BCUT2D eigenvalue weighted by Crippen LogP contribution is -2.24. The Kier molecular flexibility index (Phi) is 4.66. The smallest absolute Gasteiger partial charge is 0.123 e. The minimum Gasteiger partial charge on any atom is -0.316 e. The number of aromatic nitrogens is 1. The molecule has 1 unspecified atom stereocenters. The van der Waals surface area contributed by atoms with Gasteiger partial charge >= 0.3 is 0 Å². The third-order valence-electron chi connectivity index (χ3n) is 3.96. The molecule has 0 fully saturated rings. The first-order chi connectivity index (χ1) is 10.3. The second-order valence-corrected chi connectivity index (χ2v) is 6.71. The number of benzene rings is 1. The Morgan fingerprint density at radius 3 is 3.14 bits per heavy atom. The van der Waals surface area contributed by atoms with Crippen LogP contribution in [0.3, 0.4) is 0 Å². The van der Waals surface area contributed by atoms with Crippen LogP contribution in [0.25, 0.3) is 10.6 Å². The molecule has 1 atom stereocenters. The van der Waals surface area contributed by atoms with E-state index in [1.807, 2.05) is 6.07 Å². The van der Waals surface area contributed by atoms with Crippen LogP contribution < -0.4 is 5.32 Å². The molecular formula is C17H21FN2S. The molecule has 0 saturated carbocycles. The van der Waals surface area contributed by atoms with Gasteiger partial charge in [-0.1, -0.05) is 19.1 Å². The van der Waals surface area contributed by atoms with E-state index in [4.69, 9.17) is 4.98 Å². The van der Waals surface area contributed by atoms with Gasteiger partial charge < -0.3 is 5.32 Å². The summed E-state index contributed by atoms with van der Waals surface area (Å²) in [6.45, 7) is 4.25. The maximum absolute atomic E-state index is 13.4. The quantitative estimate of drug-likeness (QED) is 0.830. The number of fused-ring (bicyclic) bond motifs is 1. The minimum absolute atomic E-state index is 0.193. The molecule has 0 radical (unpaired) electrons. The van der Waals surface area contributed by atoms with E-state index in [1.54, 1.807) is 23.5 Å². The molecule has 4 heteroatoms. The first kappa shape index (κ1) is 14.7. The summed E-state index contributed by atoms with van der Waals surface area (Å²) in [5, 5.41) is 4.47. The highest BCUT2D eigenvalue weighted by Crippen LogP contribution is 2.38. The van der Waals surface area contributed by atoms with Crippen LogP contribution >= 0.6 is 11.3 Å². The Labute approximate surface area is 129 Å². The minimum atomic E-state index is -0.193. The summed E-state index contributed by atoms with van der Waals surface area (Å²) in [7, 11) is 0. The molecule has 1 aliphatic rings. The van der Waals surface area contributed by atoms with E-state index in [0.29, 0.717) is 5.92 Å². The van der Waals surface area contributed by atoms with Gasteiger partial charge in [-0.3, -0.25) is 0 Å². The van der Waals surface area contributed by atoms with Gasteiger partial charge in [0.2, 0.25) is 0 Å². The number of hydrogen-bond donors (Lipinski definition) is 1. The van der Waals surface area contributed by atoms with E-state index < -0.39 is 0 Å². The van der Waals surface area contributed by atoms with Crippen LogP contribution in [0.2, 0.25) is 0 Å². The molecule has 1 aromatic heterocycles. The van der Waals surface area contributed by atoms with E-state index in [1.165, 1.54) is 29.5 Å². The van der Waals surface area contributed by atoms with Gasteiger partial charge in [0.15, 0.2) is 0 Å². The van der Waals surface area contributed by atoms with Crippen LogP contribution in [0.4, 0.5) is 4.39 Å². The first-order valence-corrected chi connectivity index (χ1v) is 8.56. The molecule has 0 bridgehead atoms. The third-order valence-corrected chi connectivity index (χ3v) is 5.14. The maximum Gasteiger partial charge on any atom is 0.123 e. The van der Waals surface area contributed by atoms with E-state index >= 15 is 0 Å². The summed E-state index contributed by atoms with van der Waals surface area (Å²) in [5.74, 6) is 0.320. The van der Waals surface area contributed by atoms with Crippen LogP contribution in [-0.4, -0.2) is 18.1 Å². The summed E-state index contributed by atoms with van der Waals surface area (Å²) >= 11 is 1.73. The molecule has 1 N–H and O–H groups in total. The van der Waals surface area contributed by atoms with Crippen molar-refractivity contribution in [1.82, 2.24) is 10.3 Å². The molecule has 112 valence electrons. The summed E-state index contributed by atoms with van der Waals surface area (Å²) in [6, 6.07) is 6.76. The SMILES string of the molecule is CCCNCC1CCCc2sc(-c3cccc(F)c3)nc21. The molecule has 1 aromatic carbocycles. The molecular weight excluding hydrogens is 283 g/mol. The van der Waals surface area contributed by atoms with Gasteiger partial charge in [-0.05, 0) is 44.4 Å². The zero-order chi connectivity index (χ0) is 14.7. The summed E-state index contributed by atoms with van der Waals surface area (Å²) in [6.07, 6.45) is 4.71. The fourth-order valence-electron chi connectivity index (χ4n) is 2.90. The molecule has 0 spiro atoms. The number of thiazole rings is 1. The molecule has 0 saturated heterocycles. The lowest BCUT2D eigenvalue weighted by molar-refractivity contribution is 0.502. The van der Waals surface area contributed by atoms with Crippen molar-refractivity contribution in [2.24, 2.45) is 0 Å². The summed E-state index contributed by atoms with van der Waals surface area (Å²) in [5.41, 5.74) is 2.14. The van der Waals surface area contributed by atoms with Gasteiger partial charge in [0.1, 0.15) is 10.8 Å². The molecule has 0 aliphatic heterocycles. The number of rotatable bonds is 5. The summed E-state index contributed by atoms with van der Waals surface area (Å²) in [4.78, 5) is 6.23. The Bertz CT molecular complexity index is 609.